The molecule has 0 aliphatic rings. The van der Waals surface area contributed by atoms with Gasteiger partial charge in [0.25, 0.3) is 0 Å². The van der Waals surface area contributed by atoms with Crippen molar-refractivity contribution in [1.29, 1.82) is 0 Å². The minimum atomic E-state index is -0.998. The zero-order chi connectivity index (χ0) is 35.6. The molecule has 5 atom stereocenters. The van der Waals surface area contributed by atoms with E-state index < -0.39 is 22.3 Å². The Morgan fingerprint density at radius 2 is 1.51 bits per heavy atom. The van der Waals surface area contributed by atoms with E-state index in [4.69, 9.17) is 9.47 Å². The molecule has 0 aliphatic heterocycles. The SMILES string of the molecule is CCC(C(C)(CC(C)(C)CC)C(=O)OCC(O)COc1ccccc1)C(C)(C)C(C)(C(=O)NCCc1ccc(O)c(O)c1)C(C)CC. The number of carbonyl (C=O) groups is 2. The molecule has 0 saturated heterocycles. The van der Waals surface area contributed by atoms with Crippen LogP contribution in [-0.4, -0.2) is 53.1 Å². The Morgan fingerprint density at radius 3 is 2.06 bits per heavy atom. The second kappa shape index (κ2) is 16.7. The number of phenolic OH excluding ortho intramolecular Hbond substituents is 2. The zero-order valence-electron chi connectivity index (χ0n) is 30.5. The van der Waals surface area contributed by atoms with Crippen molar-refractivity contribution in [2.75, 3.05) is 19.8 Å². The molecule has 2 aromatic carbocycles. The molecule has 1 amide bonds. The molecule has 0 saturated carbocycles. The molecule has 47 heavy (non-hydrogen) atoms. The van der Waals surface area contributed by atoms with Crippen molar-refractivity contribution < 1.29 is 34.4 Å². The number of para-hydroxylation sites is 1. The number of aliphatic hydroxyl groups excluding tert-OH is 1. The Bertz CT molecular complexity index is 1290. The maximum Gasteiger partial charge on any atom is 0.312 e. The van der Waals surface area contributed by atoms with Crippen LogP contribution in [0.15, 0.2) is 48.5 Å². The first-order chi connectivity index (χ1) is 21.9. The Labute approximate surface area is 283 Å². The molecule has 0 heterocycles. The standard InChI is InChI=1S/C39H61NO7/c1-11-27(4)39(10,34(44)40-22-21-28-19-20-31(42)32(43)23-28)37(7,8)33(12-2)38(9,26-36(5,6)13-3)35(45)47-25-29(41)24-46-30-17-15-14-16-18-30/h14-20,23,27,29,33,41-43H,11-13,21-22,24-26H2,1-10H3,(H,40,44). The van der Waals surface area contributed by atoms with Gasteiger partial charge in [-0.05, 0) is 79.2 Å². The van der Waals surface area contributed by atoms with E-state index in [1.54, 1.807) is 18.2 Å². The average molecular weight is 656 g/mol. The Balaban J connectivity index is 2.38. The summed E-state index contributed by atoms with van der Waals surface area (Å²) in [7, 11) is 0. The van der Waals surface area contributed by atoms with Crippen LogP contribution in [0, 0.1) is 33.5 Å². The molecule has 0 aliphatic carbocycles. The molecular formula is C39H61NO7. The summed E-state index contributed by atoms with van der Waals surface area (Å²) in [6, 6.07) is 13.9. The summed E-state index contributed by atoms with van der Waals surface area (Å²) in [6.07, 6.45) is 2.31. The summed E-state index contributed by atoms with van der Waals surface area (Å²) in [5.41, 5.74) is -1.87. The molecule has 2 aromatic rings. The number of carbonyl (C=O) groups excluding carboxylic acids is 2. The van der Waals surface area contributed by atoms with Crippen molar-refractivity contribution in [3.05, 3.63) is 54.1 Å². The number of aromatic hydroxyl groups is 2. The third kappa shape index (κ3) is 9.65. The van der Waals surface area contributed by atoms with Crippen LogP contribution in [0.5, 0.6) is 17.2 Å². The van der Waals surface area contributed by atoms with Crippen molar-refractivity contribution >= 4 is 11.9 Å². The summed E-state index contributed by atoms with van der Waals surface area (Å²) in [5, 5.41) is 33.4. The third-order valence-corrected chi connectivity index (χ3v) is 11.1. The van der Waals surface area contributed by atoms with E-state index >= 15 is 0 Å². The first-order valence-electron chi connectivity index (χ1n) is 17.2. The molecule has 2 rings (SSSR count). The summed E-state index contributed by atoms with van der Waals surface area (Å²) in [6.45, 7) is 21.1. The number of esters is 1. The first-order valence-corrected chi connectivity index (χ1v) is 17.2. The topological polar surface area (TPSA) is 125 Å². The maximum absolute atomic E-state index is 14.3. The lowest BCUT2D eigenvalue weighted by Crippen LogP contribution is -2.59. The van der Waals surface area contributed by atoms with E-state index in [9.17, 15) is 24.9 Å². The number of hydrogen-bond acceptors (Lipinski definition) is 7. The fraction of sp³-hybridized carbons (Fsp3) is 0.641. The zero-order valence-corrected chi connectivity index (χ0v) is 30.5. The average Bonchev–Trinajstić information content (AvgIpc) is 3.03. The van der Waals surface area contributed by atoms with Gasteiger partial charge in [0.15, 0.2) is 11.5 Å². The van der Waals surface area contributed by atoms with Crippen LogP contribution in [0.3, 0.4) is 0 Å². The van der Waals surface area contributed by atoms with Crippen molar-refractivity contribution in [3.63, 3.8) is 0 Å². The van der Waals surface area contributed by atoms with Gasteiger partial charge >= 0.3 is 5.97 Å². The molecule has 8 nitrogen and oxygen atoms in total. The van der Waals surface area contributed by atoms with E-state index in [2.05, 4.69) is 60.7 Å². The van der Waals surface area contributed by atoms with E-state index in [0.717, 1.165) is 18.4 Å². The Morgan fingerprint density at radius 1 is 0.872 bits per heavy atom. The molecule has 0 fully saturated rings. The lowest BCUT2D eigenvalue weighted by Gasteiger charge is -2.56. The molecule has 264 valence electrons. The summed E-state index contributed by atoms with van der Waals surface area (Å²) >= 11 is 0. The van der Waals surface area contributed by atoms with Crippen LogP contribution in [0.4, 0.5) is 0 Å². The van der Waals surface area contributed by atoms with Gasteiger partial charge in [0.05, 0.1) is 10.8 Å². The summed E-state index contributed by atoms with van der Waals surface area (Å²) < 4.78 is 11.6. The minimum Gasteiger partial charge on any atom is -0.504 e. The first kappa shape index (κ1) is 39.9. The lowest BCUT2D eigenvalue weighted by atomic mass is 9.47. The fourth-order valence-corrected chi connectivity index (χ4v) is 7.46. The van der Waals surface area contributed by atoms with Gasteiger partial charge in [-0.2, -0.15) is 0 Å². The molecule has 8 heteroatoms. The fourth-order valence-electron chi connectivity index (χ4n) is 7.46. The number of hydrogen-bond donors (Lipinski definition) is 4. The van der Waals surface area contributed by atoms with E-state index in [0.29, 0.717) is 31.6 Å². The van der Waals surface area contributed by atoms with Crippen LogP contribution in [-0.2, 0) is 20.7 Å². The van der Waals surface area contributed by atoms with Gasteiger partial charge in [-0.15, -0.1) is 0 Å². The second-order valence-electron chi connectivity index (χ2n) is 15.0. The van der Waals surface area contributed by atoms with E-state index in [1.165, 1.54) is 12.1 Å². The van der Waals surface area contributed by atoms with Gasteiger partial charge in [-0.1, -0.05) is 98.9 Å². The Hall–Kier alpha value is -3.26. The van der Waals surface area contributed by atoms with Crippen LogP contribution in [0.2, 0.25) is 0 Å². The van der Waals surface area contributed by atoms with E-state index in [1.807, 2.05) is 32.0 Å². The van der Waals surface area contributed by atoms with Gasteiger partial charge in [0, 0.05) is 6.54 Å². The normalized spacial score (nSPS) is 16.7. The van der Waals surface area contributed by atoms with Crippen LogP contribution in [0.25, 0.3) is 0 Å². The highest BCUT2D eigenvalue weighted by Crippen LogP contribution is 2.59. The van der Waals surface area contributed by atoms with Gasteiger partial charge < -0.3 is 30.1 Å². The molecule has 4 N–H and O–H groups in total. The second-order valence-corrected chi connectivity index (χ2v) is 15.0. The highest BCUT2D eigenvalue weighted by molar-refractivity contribution is 5.84. The number of aliphatic hydroxyl groups is 1. The third-order valence-electron chi connectivity index (χ3n) is 11.1. The number of phenols is 2. The van der Waals surface area contributed by atoms with Crippen molar-refractivity contribution in [2.24, 2.45) is 33.5 Å². The highest BCUT2D eigenvalue weighted by atomic mass is 16.5. The molecule has 0 aromatic heterocycles. The molecule has 5 unspecified atom stereocenters. The van der Waals surface area contributed by atoms with Crippen molar-refractivity contribution in [3.8, 4) is 17.2 Å². The predicted molar refractivity (Wildman–Crippen MR) is 187 cm³/mol. The Kier molecular flexibility index (Phi) is 14.2. The predicted octanol–water partition coefficient (Wildman–Crippen LogP) is 7.68. The monoisotopic (exact) mass is 655 g/mol. The number of nitrogens with one attached hydrogen (secondary N) is 1. The number of amides is 1. The van der Waals surface area contributed by atoms with Crippen LogP contribution < -0.4 is 10.1 Å². The summed E-state index contributed by atoms with van der Waals surface area (Å²) in [5.74, 6) is -0.469. The van der Waals surface area contributed by atoms with Gasteiger partial charge in [-0.25, -0.2) is 0 Å². The summed E-state index contributed by atoms with van der Waals surface area (Å²) in [4.78, 5) is 28.6. The molecule has 0 spiro atoms. The largest absolute Gasteiger partial charge is 0.504 e. The van der Waals surface area contributed by atoms with Gasteiger partial charge in [0.1, 0.15) is 25.1 Å². The highest BCUT2D eigenvalue weighted by Gasteiger charge is 2.59. The van der Waals surface area contributed by atoms with Crippen molar-refractivity contribution in [1.82, 2.24) is 5.32 Å². The maximum atomic E-state index is 14.3. The number of rotatable bonds is 19. The van der Waals surface area contributed by atoms with E-state index in [-0.39, 0.29) is 53.8 Å². The van der Waals surface area contributed by atoms with Gasteiger partial charge in [0.2, 0.25) is 5.91 Å². The van der Waals surface area contributed by atoms with Gasteiger partial charge in [-0.3, -0.25) is 9.59 Å². The van der Waals surface area contributed by atoms with Crippen LogP contribution in [0.1, 0.15) is 100 Å². The van der Waals surface area contributed by atoms with Crippen molar-refractivity contribution in [2.45, 2.75) is 107 Å². The minimum absolute atomic E-state index is 0.00677. The number of ether oxygens (including phenoxy) is 2. The molecule has 0 radical (unpaired) electrons. The molecular weight excluding hydrogens is 594 g/mol. The van der Waals surface area contributed by atoms with Crippen LogP contribution >= 0.6 is 0 Å². The quantitative estimate of drug-likeness (QED) is 0.0904. The smallest absolute Gasteiger partial charge is 0.312 e. The number of benzene rings is 2. The molecule has 0 bridgehead atoms. The lowest BCUT2D eigenvalue weighted by molar-refractivity contribution is -0.178.